The average molecular weight is 343 g/mol. The number of aryl methyl sites for hydroxylation is 2. The van der Waals surface area contributed by atoms with Crippen LogP contribution in [0.5, 0.6) is 0 Å². The molecule has 24 heavy (non-hydrogen) atoms. The third-order valence-corrected chi connectivity index (χ3v) is 4.58. The van der Waals surface area contributed by atoms with E-state index in [1.807, 2.05) is 0 Å². The molecule has 1 amide bonds. The van der Waals surface area contributed by atoms with E-state index < -0.39 is 29.9 Å². The topological polar surface area (TPSA) is 66.4 Å². The monoisotopic (exact) mass is 343 g/mol. The average Bonchev–Trinajstić information content (AvgIpc) is 2.48. The van der Waals surface area contributed by atoms with Crippen LogP contribution in [0.4, 0.5) is 18.9 Å². The van der Waals surface area contributed by atoms with Crippen LogP contribution < -0.4 is 5.32 Å². The summed E-state index contributed by atoms with van der Waals surface area (Å²) >= 11 is 0. The Kier molecular flexibility index (Phi) is 5.20. The SMILES string of the molecule is Cc1cc(C)c(C(=O)O)cc1NC(=O)C1CCCCC1C(F)(F)F. The molecule has 1 aliphatic carbocycles. The highest BCUT2D eigenvalue weighted by Crippen LogP contribution is 2.42. The van der Waals surface area contributed by atoms with E-state index in [0.29, 0.717) is 24.0 Å². The van der Waals surface area contributed by atoms with Gasteiger partial charge in [-0.1, -0.05) is 18.9 Å². The maximum Gasteiger partial charge on any atom is 0.392 e. The van der Waals surface area contributed by atoms with Crippen molar-refractivity contribution < 1.29 is 27.9 Å². The molecule has 1 aliphatic rings. The van der Waals surface area contributed by atoms with Gasteiger partial charge >= 0.3 is 12.1 Å². The number of carbonyl (C=O) groups excluding carboxylic acids is 1. The molecule has 2 atom stereocenters. The summed E-state index contributed by atoms with van der Waals surface area (Å²) in [5.41, 5.74) is 1.41. The number of benzene rings is 1. The van der Waals surface area contributed by atoms with Gasteiger partial charge in [0.1, 0.15) is 0 Å². The van der Waals surface area contributed by atoms with Crippen molar-refractivity contribution in [3.63, 3.8) is 0 Å². The van der Waals surface area contributed by atoms with Crippen LogP contribution in [0.15, 0.2) is 12.1 Å². The van der Waals surface area contributed by atoms with Crippen LogP contribution in [0.25, 0.3) is 0 Å². The van der Waals surface area contributed by atoms with E-state index in [9.17, 15) is 22.8 Å². The largest absolute Gasteiger partial charge is 0.478 e. The van der Waals surface area contributed by atoms with Crippen LogP contribution in [0.3, 0.4) is 0 Å². The van der Waals surface area contributed by atoms with Gasteiger partial charge in [0, 0.05) is 11.6 Å². The van der Waals surface area contributed by atoms with Crippen LogP contribution in [0.1, 0.15) is 47.2 Å². The first-order chi connectivity index (χ1) is 11.1. The van der Waals surface area contributed by atoms with Gasteiger partial charge in [-0.05, 0) is 43.9 Å². The molecule has 1 fully saturated rings. The fraction of sp³-hybridized carbons (Fsp3) is 0.529. The summed E-state index contributed by atoms with van der Waals surface area (Å²) in [4.78, 5) is 23.6. The Balaban J connectivity index is 2.25. The Morgan fingerprint density at radius 1 is 1.12 bits per heavy atom. The van der Waals surface area contributed by atoms with Crippen LogP contribution in [-0.2, 0) is 4.79 Å². The Morgan fingerprint density at radius 2 is 1.75 bits per heavy atom. The number of rotatable bonds is 3. The van der Waals surface area contributed by atoms with E-state index in [-0.39, 0.29) is 24.1 Å². The van der Waals surface area contributed by atoms with Crippen molar-refractivity contribution in [2.75, 3.05) is 5.32 Å². The molecule has 1 aromatic rings. The molecule has 0 aliphatic heterocycles. The summed E-state index contributed by atoms with van der Waals surface area (Å²) in [7, 11) is 0. The highest BCUT2D eigenvalue weighted by molar-refractivity contribution is 5.96. The van der Waals surface area contributed by atoms with Crippen molar-refractivity contribution in [1.29, 1.82) is 0 Å². The van der Waals surface area contributed by atoms with Gasteiger partial charge in [0.25, 0.3) is 0 Å². The smallest absolute Gasteiger partial charge is 0.392 e. The molecule has 1 aromatic carbocycles. The van der Waals surface area contributed by atoms with E-state index >= 15 is 0 Å². The molecule has 0 heterocycles. The number of alkyl halides is 3. The molecule has 2 unspecified atom stereocenters. The molecular weight excluding hydrogens is 323 g/mol. The van der Waals surface area contributed by atoms with Gasteiger partial charge < -0.3 is 10.4 Å². The van der Waals surface area contributed by atoms with Gasteiger partial charge in [0.2, 0.25) is 5.91 Å². The molecule has 0 radical (unpaired) electrons. The number of hydrogen-bond acceptors (Lipinski definition) is 2. The standard InChI is InChI=1S/C17H20F3NO3/c1-9-7-10(2)14(8-12(9)16(23)24)21-15(22)11-5-3-4-6-13(11)17(18,19)20/h7-8,11,13H,3-6H2,1-2H3,(H,21,22)(H,23,24). The number of carboxylic acid groups (broad SMARTS) is 1. The van der Waals surface area contributed by atoms with Crippen molar-refractivity contribution in [3.05, 3.63) is 28.8 Å². The quantitative estimate of drug-likeness (QED) is 0.859. The van der Waals surface area contributed by atoms with Crippen molar-refractivity contribution in [2.24, 2.45) is 11.8 Å². The van der Waals surface area contributed by atoms with Crippen molar-refractivity contribution in [2.45, 2.75) is 45.7 Å². The predicted octanol–water partition coefficient (Wildman–Crippen LogP) is 4.31. The number of halogens is 3. The van der Waals surface area contributed by atoms with Crippen molar-refractivity contribution in [1.82, 2.24) is 0 Å². The second-order valence-electron chi connectivity index (χ2n) is 6.32. The lowest BCUT2D eigenvalue weighted by Crippen LogP contribution is -2.39. The maximum atomic E-state index is 13.1. The first-order valence-corrected chi connectivity index (χ1v) is 7.83. The van der Waals surface area contributed by atoms with Gasteiger partial charge in [-0.15, -0.1) is 0 Å². The second kappa shape index (κ2) is 6.83. The molecule has 132 valence electrons. The van der Waals surface area contributed by atoms with Gasteiger partial charge in [-0.3, -0.25) is 4.79 Å². The summed E-state index contributed by atoms with van der Waals surface area (Å²) in [6, 6.07) is 2.90. The zero-order valence-corrected chi connectivity index (χ0v) is 13.5. The van der Waals surface area contributed by atoms with E-state index in [1.165, 1.54) is 6.07 Å². The summed E-state index contributed by atoms with van der Waals surface area (Å²) < 4.78 is 39.4. The van der Waals surface area contributed by atoms with Crippen molar-refractivity contribution in [3.8, 4) is 0 Å². The van der Waals surface area contributed by atoms with E-state index in [0.717, 1.165) is 0 Å². The van der Waals surface area contributed by atoms with Gasteiger partial charge in [-0.25, -0.2) is 4.79 Å². The van der Waals surface area contributed by atoms with E-state index in [1.54, 1.807) is 19.9 Å². The molecule has 4 nitrogen and oxygen atoms in total. The Hall–Kier alpha value is -2.05. The molecule has 0 bridgehead atoms. The van der Waals surface area contributed by atoms with Gasteiger partial charge in [0.05, 0.1) is 11.5 Å². The van der Waals surface area contributed by atoms with E-state index in [2.05, 4.69) is 5.32 Å². The first-order valence-electron chi connectivity index (χ1n) is 7.83. The Bertz CT molecular complexity index is 655. The van der Waals surface area contributed by atoms with E-state index in [4.69, 9.17) is 5.11 Å². The maximum absolute atomic E-state index is 13.1. The molecule has 2 rings (SSSR count). The van der Waals surface area contributed by atoms with Crippen LogP contribution in [0, 0.1) is 25.7 Å². The fourth-order valence-electron chi connectivity index (χ4n) is 3.28. The highest BCUT2D eigenvalue weighted by atomic mass is 19.4. The molecule has 1 saturated carbocycles. The minimum absolute atomic E-state index is 0.0203. The number of anilines is 1. The lowest BCUT2D eigenvalue weighted by atomic mass is 9.78. The third-order valence-electron chi connectivity index (χ3n) is 4.58. The number of carbonyl (C=O) groups is 2. The molecule has 0 aromatic heterocycles. The number of carboxylic acids is 1. The minimum Gasteiger partial charge on any atom is -0.478 e. The zero-order chi connectivity index (χ0) is 18.1. The molecular formula is C17H20F3NO3. The first kappa shape index (κ1) is 18.3. The molecule has 2 N–H and O–H groups in total. The van der Waals surface area contributed by atoms with Crippen LogP contribution >= 0.6 is 0 Å². The third kappa shape index (κ3) is 3.88. The summed E-state index contributed by atoms with van der Waals surface area (Å²) in [6.07, 6.45) is -3.23. The summed E-state index contributed by atoms with van der Waals surface area (Å²) in [5, 5.41) is 11.7. The second-order valence-corrected chi connectivity index (χ2v) is 6.32. The lowest BCUT2D eigenvalue weighted by Gasteiger charge is -2.32. The summed E-state index contributed by atoms with van der Waals surface area (Å²) in [6.45, 7) is 3.30. The molecule has 0 saturated heterocycles. The molecule has 7 heteroatoms. The normalized spacial score (nSPS) is 21.4. The van der Waals surface area contributed by atoms with Gasteiger partial charge in [0.15, 0.2) is 0 Å². The van der Waals surface area contributed by atoms with Gasteiger partial charge in [-0.2, -0.15) is 13.2 Å². The fourth-order valence-corrected chi connectivity index (χ4v) is 3.28. The number of amides is 1. The number of aromatic carboxylic acids is 1. The van der Waals surface area contributed by atoms with Crippen molar-refractivity contribution >= 4 is 17.6 Å². The van der Waals surface area contributed by atoms with Crippen LogP contribution in [0.2, 0.25) is 0 Å². The minimum atomic E-state index is -4.41. The number of hydrogen-bond donors (Lipinski definition) is 2. The predicted molar refractivity (Wildman–Crippen MR) is 83.0 cm³/mol. The Morgan fingerprint density at radius 3 is 2.33 bits per heavy atom. The highest BCUT2D eigenvalue weighted by Gasteiger charge is 2.48. The molecule has 0 spiro atoms. The Labute approximate surface area is 138 Å². The lowest BCUT2D eigenvalue weighted by molar-refractivity contribution is -0.197. The zero-order valence-electron chi connectivity index (χ0n) is 13.5. The number of nitrogens with one attached hydrogen (secondary N) is 1. The summed E-state index contributed by atoms with van der Waals surface area (Å²) in [5.74, 6) is -4.61. The van der Waals surface area contributed by atoms with Crippen LogP contribution in [-0.4, -0.2) is 23.2 Å².